The molecule has 0 N–H and O–H groups in total. The first-order chi connectivity index (χ1) is 6.59. The first-order valence-electron chi connectivity index (χ1n) is 5.42. The highest BCUT2D eigenvalue weighted by molar-refractivity contribution is 5.57. The van der Waals surface area contributed by atoms with E-state index in [9.17, 15) is 0 Å². The van der Waals surface area contributed by atoms with Gasteiger partial charge in [-0.05, 0) is 37.8 Å². The van der Waals surface area contributed by atoms with Crippen molar-refractivity contribution in [2.45, 2.75) is 33.2 Å². The van der Waals surface area contributed by atoms with E-state index >= 15 is 0 Å². The smallest absolute Gasteiger partial charge is 0.0398 e. The van der Waals surface area contributed by atoms with Crippen molar-refractivity contribution in [3.8, 4) is 0 Å². The molecular weight excluding hydrogens is 170 g/mol. The average Bonchev–Trinajstić information content (AvgIpc) is 2.14. The molecular formula is C13H19N. The van der Waals surface area contributed by atoms with E-state index in [1.54, 1.807) is 0 Å². The van der Waals surface area contributed by atoms with Crippen molar-refractivity contribution in [1.82, 2.24) is 0 Å². The third-order valence-corrected chi connectivity index (χ3v) is 3.59. The zero-order valence-corrected chi connectivity index (χ0v) is 9.54. The van der Waals surface area contributed by atoms with Gasteiger partial charge in [0, 0.05) is 18.8 Å². The summed E-state index contributed by atoms with van der Waals surface area (Å²) in [6.07, 6.45) is 1.22. The van der Waals surface area contributed by atoms with Gasteiger partial charge in [0.15, 0.2) is 0 Å². The summed E-state index contributed by atoms with van der Waals surface area (Å²) in [7, 11) is 2.20. The van der Waals surface area contributed by atoms with E-state index in [0.717, 1.165) is 5.92 Å². The van der Waals surface area contributed by atoms with Crippen molar-refractivity contribution in [1.29, 1.82) is 0 Å². The van der Waals surface area contributed by atoms with Crippen molar-refractivity contribution in [2.24, 2.45) is 5.92 Å². The quantitative estimate of drug-likeness (QED) is 0.606. The molecule has 1 nitrogen and oxygen atoms in total. The molecule has 0 bridgehead atoms. The second-order valence-electron chi connectivity index (χ2n) is 4.67. The van der Waals surface area contributed by atoms with Crippen LogP contribution < -0.4 is 4.90 Å². The molecule has 1 aliphatic heterocycles. The van der Waals surface area contributed by atoms with Crippen LogP contribution in [0.1, 0.15) is 25.0 Å². The highest BCUT2D eigenvalue weighted by Gasteiger charge is 2.25. The maximum atomic E-state index is 2.41. The second-order valence-corrected chi connectivity index (χ2v) is 4.67. The monoisotopic (exact) mass is 189 g/mol. The minimum Gasteiger partial charge on any atom is -0.371 e. The van der Waals surface area contributed by atoms with Crippen LogP contribution in [0.15, 0.2) is 18.2 Å². The van der Waals surface area contributed by atoms with Gasteiger partial charge in [0.1, 0.15) is 0 Å². The molecule has 0 amide bonds. The summed E-state index contributed by atoms with van der Waals surface area (Å²) in [5.74, 6) is 0.759. The maximum absolute atomic E-state index is 2.41. The minimum atomic E-state index is 0.658. The topological polar surface area (TPSA) is 3.24 Å². The van der Waals surface area contributed by atoms with Gasteiger partial charge in [-0.3, -0.25) is 0 Å². The summed E-state index contributed by atoms with van der Waals surface area (Å²) in [5, 5.41) is 0. The SMILES string of the molecule is Cc1ccc2c(c1)CC(C)[C@H](C)N2C. The van der Waals surface area contributed by atoms with Crippen LogP contribution in [0.3, 0.4) is 0 Å². The van der Waals surface area contributed by atoms with E-state index < -0.39 is 0 Å². The summed E-state index contributed by atoms with van der Waals surface area (Å²) in [6.45, 7) is 6.82. The van der Waals surface area contributed by atoms with Gasteiger partial charge in [0.05, 0.1) is 0 Å². The van der Waals surface area contributed by atoms with E-state index in [1.165, 1.54) is 23.2 Å². The highest BCUT2D eigenvalue weighted by Crippen LogP contribution is 2.32. The van der Waals surface area contributed by atoms with Gasteiger partial charge in [-0.15, -0.1) is 0 Å². The van der Waals surface area contributed by atoms with E-state index in [0.29, 0.717) is 6.04 Å². The molecule has 0 fully saturated rings. The zero-order chi connectivity index (χ0) is 10.3. The minimum absolute atomic E-state index is 0.658. The molecule has 0 saturated carbocycles. The molecule has 14 heavy (non-hydrogen) atoms. The molecule has 0 spiro atoms. The first-order valence-corrected chi connectivity index (χ1v) is 5.42. The van der Waals surface area contributed by atoms with Gasteiger partial charge in [-0.2, -0.15) is 0 Å². The average molecular weight is 189 g/mol. The molecule has 2 atom stereocenters. The lowest BCUT2D eigenvalue weighted by Crippen LogP contribution is -2.39. The number of nitrogens with zero attached hydrogens (tertiary/aromatic N) is 1. The van der Waals surface area contributed by atoms with Crippen LogP contribution in [-0.4, -0.2) is 13.1 Å². The van der Waals surface area contributed by atoms with Crippen molar-refractivity contribution in [2.75, 3.05) is 11.9 Å². The lowest BCUT2D eigenvalue weighted by atomic mass is 9.87. The molecule has 1 heteroatoms. The van der Waals surface area contributed by atoms with Crippen LogP contribution in [0.4, 0.5) is 5.69 Å². The van der Waals surface area contributed by atoms with Crippen molar-refractivity contribution < 1.29 is 0 Å². The Morgan fingerprint density at radius 2 is 2.00 bits per heavy atom. The number of anilines is 1. The Bertz CT molecular complexity index is 343. The number of hydrogen-bond acceptors (Lipinski definition) is 1. The molecule has 0 aromatic heterocycles. The Morgan fingerprint density at radius 3 is 2.71 bits per heavy atom. The Hall–Kier alpha value is -0.980. The van der Waals surface area contributed by atoms with E-state index in [-0.39, 0.29) is 0 Å². The fraction of sp³-hybridized carbons (Fsp3) is 0.538. The molecule has 0 radical (unpaired) electrons. The van der Waals surface area contributed by atoms with Gasteiger partial charge in [0.2, 0.25) is 0 Å². The third-order valence-electron chi connectivity index (χ3n) is 3.59. The summed E-state index contributed by atoms with van der Waals surface area (Å²) in [6, 6.07) is 7.45. The standard InChI is InChI=1S/C13H19N/c1-9-5-6-13-12(7-9)8-10(2)11(3)14(13)4/h5-7,10-11H,8H2,1-4H3/t10?,11-/m0/s1. The molecule has 0 aliphatic carbocycles. The first kappa shape index (κ1) is 9.57. The van der Waals surface area contributed by atoms with Gasteiger partial charge in [0.25, 0.3) is 0 Å². The Kier molecular flexibility index (Phi) is 2.26. The predicted molar refractivity (Wildman–Crippen MR) is 61.9 cm³/mol. The lowest BCUT2D eigenvalue weighted by Gasteiger charge is -2.38. The van der Waals surface area contributed by atoms with Crippen molar-refractivity contribution in [3.05, 3.63) is 29.3 Å². The van der Waals surface area contributed by atoms with Crippen LogP contribution in [0, 0.1) is 12.8 Å². The van der Waals surface area contributed by atoms with Crippen LogP contribution in [0.25, 0.3) is 0 Å². The molecule has 0 saturated heterocycles. The number of rotatable bonds is 0. The van der Waals surface area contributed by atoms with Crippen molar-refractivity contribution in [3.63, 3.8) is 0 Å². The number of benzene rings is 1. The van der Waals surface area contributed by atoms with Gasteiger partial charge >= 0.3 is 0 Å². The molecule has 1 aromatic carbocycles. The predicted octanol–water partition coefficient (Wildman–Crippen LogP) is 3.01. The summed E-state index contributed by atoms with van der Waals surface area (Å²) in [4.78, 5) is 2.41. The zero-order valence-electron chi connectivity index (χ0n) is 9.54. The molecule has 2 rings (SSSR count). The largest absolute Gasteiger partial charge is 0.371 e. The molecule has 76 valence electrons. The molecule has 1 heterocycles. The third kappa shape index (κ3) is 1.41. The summed E-state index contributed by atoms with van der Waals surface area (Å²) >= 11 is 0. The van der Waals surface area contributed by atoms with Crippen LogP contribution in [-0.2, 0) is 6.42 Å². The van der Waals surface area contributed by atoms with Crippen LogP contribution >= 0.6 is 0 Å². The van der Waals surface area contributed by atoms with E-state index in [1.807, 2.05) is 0 Å². The van der Waals surface area contributed by atoms with E-state index in [4.69, 9.17) is 0 Å². The van der Waals surface area contributed by atoms with Crippen LogP contribution in [0.5, 0.6) is 0 Å². The Labute approximate surface area is 86.7 Å². The van der Waals surface area contributed by atoms with Gasteiger partial charge in [-0.1, -0.05) is 24.6 Å². The second kappa shape index (κ2) is 3.30. The van der Waals surface area contributed by atoms with E-state index in [2.05, 4.69) is 50.9 Å². The number of fused-ring (bicyclic) bond motifs is 1. The number of aryl methyl sites for hydroxylation is 1. The summed E-state index contributed by atoms with van der Waals surface area (Å²) < 4.78 is 0. The highest BCUT2D eigenvalue weighted by atomic mass is 15.1. The fourth-order valence-corrected chi connectivity index (χ4v) is 2.34. The molecule has 1 unspecified atom stereocenters. The maximum Gasteiger partial charge on any atom is 0.0398 e. The van der Waals surface area contributed by atoms with Gasteiger partial charge in [-0.25, -0.2) is 0 Å². The Balaban J connectivity index is 2.45. The Morgan fingerprint density at radius 1 is 1.29 bits per heavy atom. The molecule has 1 aromatic rings. The number of hydrogen-bond donors (Lipinski definition) is 0. The summed E-state index contributed by atoms with van der Waals surface area (Å²) in [5.41, 5.74) is 4.30. The van der Waals surface area contributed by atoms with Crippen molar-refractivity contribution >= 4 is 5.69 Å². The normalized spacial score (nSPS) is 26.1. The van der Waals surface area contributed by atoms with Gasteiger partial charge < -0.3 is 4.90 Å². The molecule has 1 aliphatic rings. The lowest BCUT2D eigenvalue weighted by molar-refractivity contribution is 0.443. The fourth-order valence-electron chi connectivity index (χ4n) is 2.34. The van der Waals surface area contributed by atoms with Crippen LogP contribution in [0.2, 0.25) is 0 Å².